The van der Waals surface area contributed by atoms with Crippen LogP contribution in [0.1, 0.15) is 32.1 Å². The minimum absolute atomic E-state index is 0.00963. The van der Waals surface area contributed by atoms with Crippen LogP contribution in [0, 0.1) is 0 Å². The summed E-state index contributed by atoms with van der Waals surface area (Å²) in [5, 5.41) is 0. The zero-order valence-corrected chi connectivity index (χ0v) is 12.5. The third kappa shape index (κ3) is 6.38. The number of hydrogen-bond acceptors (Lipinski definition) is 2. The third-order valence-corrected chi connectivity index (χ3v) is 2.99. The predicted molar refractivity (Wildman–Crippen MR) is 65.2 cm³/mol. The van der Waals surface area contributed by atoms with E-state index in [1.807, 2.05) is 0 Å². The average Bonchev–Trinajstić information content (AvgIpc) is 2.44. The highest BCUT2D eigenvalue weighted by atomic mass is 19.4. The van der Waals surface area contributed by atoms with Gasteiger partial charge in [-0.3, -0.25) is 0 Å². The number of hydrogen-bond donors (Lipinski definition) is 0. The van der Waals surface area contributed by atoms with Gasteiger partial charge in [0.15, 0.2) is 6.17 Å². The Hall–Kier alpha value is -1.49. The van der Waals surface area contributed by atoms with Crippen molar-refractivity contribution in [3.63, 3.8) is 0 Å². The number of halogens is 10. The largest absolute Gasteiger partial charge is 0.473 e. The molecule has 1 unspecified atom stereocenters. The summed E-state index contributed by atoms with van der Waals surface area (Å²) in [6, 6.07) is 0. The van der Waals surface area contributed by atoms with Crippen LogP contribution >= 0.6 is 0 Å². The number of ether oxygens (including phenoxy) is 1. The Bertz CT molecular complexity index is 458. The Kier molecular flexibility index (Phi) is 7.77. The van der Waals surface area contributed by atoms with E-state index in [-0.39, 0.29) is 6.08 Å². The molecule has 25 heavy (non-hydrogen) atoms. The summed E-state index contributed by atoms with van der Waals surface area (Å²) < 4.78 is 131. The smallest absolute Gasteiger partial charge is 0.393 e. The molecule has 1 atom stereocenters. The van der Waals surface area contributed by atoms with Crippen molar-refractivity contribution in [3.8, 4) is 0 Å². The topological polar surface area (TPSA) is 26.3 Å². The van der Waals surface area contributed by atoms with Gasteiger partial charge in [-0.15, -0.1) is 0 Å². The van der Waals surface area contributed by atoms with Crippen molar-refractivity contribution in [1.29, 1.82) is 0 Å². The first kappa shape index (κ1) is 23.5. The van der Waals surface area contributed by atoms with Gasteiger partial charge in [0.25, 0.3) is 0 Å². The fraction of sp³-hybridized carbons (Fsp3) is 0.769. The van der Waals surface area contributed by atoms with Crippen LogP contribution in [0.2, 0.25) is 0 Å². The highest BCUT2D eigenvalue weighted by Crippen LogP contribution is 2.49. The van der Waals surface area contributed by atoms with Gasteiger partial charge in [0.2, 0.25) is 0 Å². The number of unbranched alkanes of at least 4 members (excludes halogenated alkanes) is 2. The number of esters is 1. The lowest BCUT2D eigenvalue weighted by molar-refractivity contribution is -0.392. The summed E-state index contributed by atoms with van der Waals surface area (Å²) in [6.07, 6.45) is -18.7. The quantitative estimate of drug-likeness (QED) is 0.215. The summed E-state index contributed by atoms with van der Waals surface area (Å²) in [5.74, 6) is -14.4. The van der Waals surface area contributed by atoms with Gasteiger partial charge in [-0.25, -0.2) is 9.18 Å². The Morgan fingerprint density at radius 3 is 1.92 bits per heavy atom. The van der Waals surface area contributed by atoms with E-state index < -0.39 is 68.4 Å². The van der Waals surface area contributed by atoms with Gasteiger partial charge < -0.3 is 4.74 Å². The van der Waals surface area contributed by atoms with Crippen molar-refractivity contribution < 1.29 is 53.4 Å². The van der Waals surface area contributed by atoms with Crippen molar-refractivity contribution in [3.05, 3.63) is 12.7 Å². The maximum atomic E-state index is 13.3. The maximum absolute atomic E-state index is 13.3. The molecular formula is C13H14F10O2. The second-order valence-corrected chi connectivity index (χ2v) is 5.02. The van der Waals surface area contributed by atoms with Crippen LogP contribution < -0.4 is 0 Å². The van der Waals surface area contributed by atoms with Crippen LogP contribution in [0.3, 0.4) is 0 Å². The lowest BCUT2D eigenvalue weighted by atomic mass is 10.00. The molecule has 0 aliphatic rings. The molecule has 0 aromatic carbocycles. The maximum Gasteiger partial charge on any atom is 0.473 e. The van der Waals surface area contributed by atoms with E-state index in [4.69, 9.17) is 0 Å². The van der Waals surface area contributed by atoms with Gasteiger partial charge in [0, 0.05) is 12.5 Å². The van der Waals surface area contributed by atoms with Crippen LogP contribution in [0.4, 0.5) is 43.9 Å². The zero-order chi connectivity index (χ0) is 20.1. The molecule has 148 valence electrons. The van der Waals surface area contributed by atoms with E-state index in [2.05, 4.69) is 11.3 Å². The SMILES string of the molecule is C=CC(=O)OC(F)(F)C(F)(F)C(F)(F)C(F)CCCCCC(F)(F)F. The standard InChI is InChI=1S/C13H14F10O2/c1-2-9(24)25-13(22,23)12(20,21)11(18,19)8(14)6-4-3-5-7-10(15,16)17/h2,8H,1,3-7H2. The van der Waals surface area contributed by atoms with Gasteiger partial charge in [-0.2, -0.15) is 39.5 Å². The fourth-order valence-electron chi connectivity index (χ4n) is 1.63. The number of rotatable bonds is 10. The lowest BCUT2D eigenvalue weighted by Crippen LogP contribution is -2.59. The van der Waals surface area contributed by atoms with Gasteiger partial charge in [0.1, 0.15) is 0 Å². The van der Waals surface area contributed by atoms with Crippen LogP contribution in [0.5, 0.6) is 0 Å². The highest BCUT2D eigenvalue weighted by Gasteiger charge is 2.77. The number of carbonyl (C=O) groups excluding carboxylic acids is 1. The van der Waals surface area contributed by atoms with Crippen molar-refractivity contribution in [1.82, 2.24) is 0 Å². The van der Waals surface area contributed by atoms with Crippen molar-refractivity contribution in [2.24, 2.45) is 0 Å². The Morgan fingerprint density at radius 1 is 0.960 bits per heavy atom. The molecule has 12 heteroatoms. The Morgan fingerprint density at radius 2 is 1.48 bits per heavy atom. The van der Waals surface area contributed by atoms with E-state index in [0.717, 1.165) is 0 Å². The van der Waals surface area contributed by atoms with Crippen LogP contribution in [0.15, 0.2) is 12.7 Å². The van der Waals surface area contributed by atoms with E-state index in [0.29, 0.717) is 0 Å². The van der Waals surface area contributed by atoms with E-state index in [1.54, 1.807) is 0 Å². The minimum Gasteiger partial charge on any atom is -0.393 e. The minimum atomic E-state index is -6.38. The second-order valence-electron chi connectivity index (χ2n) is 5.02. The molecular weight excluding hydrogens is 378 g/mol. The summed E-state index contributed by atoms with van der Waals surface area (Å²) >= 11 is 0. The Labute approximate surface area is 135 Å². The lowest BCUT2D eigenvalue weighted by Gasteiger charge is -2.33. The fourth-order valence-corrected chi connectivity index (χ4v) is 1.63. The van der Waals surface area contributed by atoms with E-state index in [9.17, 15) is 48.7 Å². The molecule has 0 fully saturated rings. The number of carbonyl (C=O) groups is 1. The van der Waals surface area contributed by atoms with Gasteiger partial charge in [0.05, 0.1) is 0 Å². The van der Waals surface area contributed by atoms with Crippen LogP contribution in [0.25, 0.3) is 0 Å². The predicted octanol–water partition coefficient (Wildman–Crippen LogP) is 5.43. The molecule has 0 heterocycles. The summed E-state index contributed by atoms with van der Waals surface area (Å²) in [7, 11) is 0. The third-order valence-electron chi connectivity index (χ3n) is 2.99. The summed E-state index contributed by atoms with van der Waals surface area (Å²) in [4.78, 5) is 10.5. The molecule has 0 aliphatic carbocycles. The van der Waals surface area contributed by atoms with Gasteiger partial charge in [-0.05, 0) is 12.8 Å². The van der Waals surface area contributed by atoms with Crippen molar-refractivity contribution >= 4 is 5.97 Å². The van der Waals surface area contributed by atoms with Gasteiger partial charge in [-0.1, -0.05) is 19.4 Å². The Balaban J connectivity index is 4.83. The first-order chi connectivity index (χ1) is 11.1. The number of alkyl halides is 10. The first-order valence-corrected chi connectivity index (χ1v) is 6.78. The second kappa shape index (κ2) is 8.26. The molecule has 0 spiro atoms. The summed E-state index contributed by atoms with van der Waals surface area (Å²) in [6.45, 7) is 2.60. The molecule has 0 aliphatic heterocycles. The van der Waals surface area contributed by atoms with Crippen molar-refractivity contribution in [2.45, 2.75) is 62.4 Å². The summed E-state index contributed by atoms with van der Waals surface area (Å²) in [5.41, 5.74) is 0. The molecule has 0 bridgehead atoms. The van der Waals surface area contributed by atoms with E-state index >= 15 is 0 Å². The molecule has 0 N–H and O–H groups in total. The molecule has 0 radical (unpaired) electrons. The molecule has 0 saturated heterocycles. The zero-order valence-electron chi connectivity index (χ0n) is 12.5. The molecule has 0 aromatic rings. The normalized spacial score (nSPS) is 15.0. The van der Waals surface area contributed by atoms with E-state index in [1.165, 1.54) is 0 Å². The van der Waals surface area contributed by atoms with Gasteiger partial charge >= 0.3 is 30.1 Å². The average molecular weight is 392 g/mol. The molecule has 0 aromatic heterocycles. The highest BCUT2D eigenvalue weighted by molar-refractivity contribution is 5.81. The first-order valence-electron chi connectivity index (χ1n) is 6.78. The molecule has 2 nitrogen and oxygen atoms in total. The van der Waals surface area contributed by atoms with Crippen LogP contribution in [-0.4, -0.2) is 36.3 Å². The van der Waals surface area contributed by atoms with Crippen LogP contribution in [-0.2, 0) is 9.53 Å². The molecule has 0 rings (SSSR count). The molecule has 0 saturated carbocycles. The monoisotopic (exact) mass is 392 g/mol. The molecule has 0 amide bonds. The van der Waals surface area contributed by atoms with Crippen molar-refractivity contribution in [2.75, 3.05) is 0 Å².